The van der Waals surface area contributed by atoms with Gasteiger partial charge in [0, 0.05) is 5.39 Å². The molecule has 0 atom stereocenters. The summed E-state index contributed by atoms with van der Waals surface area (Å²) in [5.41, 5.74) is 1.34. The number of para-hydroxylation sites is 1. The van der Waals surface area contributed by atoms with Gasteiger partial charge in [-0.15, -0.1) is 0 Å². The summed E-state index contributed by atoms with van der Waals surface area (Å²) in [7, 11) is 4.15. The minimum atomic E-state index is -2.33. The Morgan fingerprint density at radius 1 is 0.625 bits per heavy atom. The number of fused-ring (bicyclic) bond motifs is 4. The SMILES string of the molecule is C[N+](C)(C)c1ccccc1.[O-]B([O-])Oc1cccc2ccc3cc4ccccc4cc3c12. The molecule has 0 heterocycles. The lowest BCUT2D eigenvalue weighted by atomic mass is 9.97. The summed E-state index contributed by atoms with van der Waals surface area (Å²) in [4.78, 5) is 0. The Hall–Kier alpha value is -3.38. The lowest BCUT2D eigenvalue weighted by molar-refractivity contribution is -0.372. The third-order valence-electron chi connectivity index (χ3n) is 5.44. The molecule has 160 valence electrons. The van der Waals surface area contributed by atoms with E-state index in [9.17, 15) is 10.0 Å². The number of quaternary nitrogens is 1. The van der Waals surface area contributed by atoms with E-state index in [2.05, 4.69) is 63.6 Å². The minimum absolute atomic E-state index is 0.341. The van der Waals surface area contributed by atoms with Gasteiger partial charge in [-0.3, -0.25) is 4.48 Å². The first-order valence-electron chi connectivity index (χ1n) is 10.5. The van der Waals surface area contributed by atoms with Crippen LogP contribution in [0.3, 0.4) is 0 Å². The molecule has 0 radical (unpaired) electrons. The molecule has 0 N–H and O–H groups in total. The third-order valence-corrected chi connectivity index (χ3v) is 5.44. The van der Waals surface area contributed by atoms with Crippen LogP contribution < -0.4 is 19.2 Å². The van der Waals surface area contributed by atoms with Gasteiger partial charge in [0.05, 0.1) is 21.1 Å². The largest absolute Gasteiger partial charge is 0.860 e. The molecule has 5 heteroatoms. The van der Waals surface area contributed by atoms with Crippen molar-refractivity contribution in [2.75, 3.05) is 21.1 Å². The predicted octanol–water partition coefficient (Wildman–Crippen LogP) is 4.11. The number of hydrogen-bond donors (Lipinski definition) is 0. The van der Waals surface area contributed by atoms with E-state index < -0.39 is 7.32 Å². The van der Waals surface area contributed by atoms with Gasteiger partial charge in [-0.25, -0.2) is 0 Å². The van der Waals surface area contributed by atoms with Gasteiger partial charge in [0.15, 0.2) is 0 Å². The van der Waals surface area contributed by atoms with Gasteiger partial charge >= 0.3 is 0 Å². The molecule has 5 aromatic rings. The Kier molecular flexibility index (Phi) is 6.15. The fourth-order valence-electron chi connectivity index (χ4n) is 3.84. The van der Waals surface area contributed by atoms with Crippen LogP contribution in [0.15, 0.2) is 97.1 Å². The minimum Gasteiger partial charge on any atom is -0.860 e. The van der Waals surface area contributed by atoms with Crippen molar-refractivity contribution >= 4 is 45.3 Å². The van der Waals surface area contributed by atoms with Crippen LogP contribution in [-0.2, 0) is 0 Å². The molecular weight excluding hydrogens is 397 g/mol. The Morgan fingerprint density at radius 2 is 1.22 bits per heavy atom. The monoisotopic (exact) mass is 422 g/mol. The van der Waals surface area contributed by atoms with Crippen molar-refractivity contribution in [3.05, 3.63) is 97.1 Å². The summed E-state index contributed by atoms with van der Waals surface area (Å²) in [6.45, 7) is 0. The first-order chi connectivity index (χ1) is 15.3. The molecule has 0 unspecified atom stereocenters. The highest BCUT2D eigenvalue weighted by Crippen LogP contribution is 2.35. The van der Waals surface area contributed by atoms with Crippen molar-refractivity contribution in [1.29, 1.82) is 0 Å². The lowest BCUT2D eigenvalue weighted by Crippen LogP contribution is -2.50. The van der Waals surface area contributed by atoms with Crippen molar-refractivity contribution in [2.45, 2.75) is 0 Å². The van der Waals surface area contributed by atoms with Crippen LogP contribution in [0, 0.1) is 0 Å². The normalized spacial score (nSPS) is 11.3. The number of hydrogen-bond acceptors (Lipinski definition) is 3. The highest BCUT2D eigenvalue weighted by molar-refractivity contribution is 6.30. The van der Waals surface area contributed by atoms with Crippen LogP contribution in [0.2, 0.25) is 0 Å². The van der Waals surface area contributed by atoms with Gasteiger partial charge in [-0.2, -0.15) is 0 Å². The van der Waals surface area contributed by atoms with Crippen molar-refractivity contribution in [1.82, 2.24) is 4.48 Å². The van der Waals surface area contributed by atoms with E-state index in [0.717, 1.165) is 36.8 Å². The third kappa shape index (κ3) is 4.76. The second-order valence-electron chi connectivity index (χ2n) is 8.59. The summed E-state index contributed by atoms with van der Waals surface area (Å²) >= 11 is 0. The van der Waals surface area contributed by atoms with Gasteiger partial charge < -0.3 is 14.7 Å². The molecule has 0 amide bonds. The van der Waals surface area contributed by atoms with E-state index in [4.69, 9.17) is 4.65 Å². The second kappa shape index (κ2) is 9.01. The maximum absolute atomic E-state index is 10.9. The molecule has 5 aromatic carbocycles. The van der Waals surface area contributed by atoms with Crippen LogP contribution in [0.5, 0.6) is 5.75 Å². The van der Waals surface area contributed by atoms with E-state index in [1.807, 2.05) is 42.5 Å². The summed E-state index contributed by atoms with van der Waals surface area (Å²) in [6.07, 6.45) is 0. The van der Waals surface area contributed by atoms with Gasteiger partial charge in [0.25, 0.3) is 0 Å². The van der Waals surface area contributed by atoms with Crippen molar-refractivity contribution in [3.63, 3.8) is 0 Å². The zero-order chi connectivity index (χ0) is 22.7. The van der Waals surface area contributed by atoms with Crippen LogP contribution >= 0.6 is 0 Å². The molecule has 0 aliphatic heterocycles. The molecule has 4 nitrogen and oxygen atoms in total. The standard InChI is InChI=1S/C18H11BO3.C9H14N/c20-19(21)22-17-7-3-6-12-8-9-15-10-13-4-1-2-5-14(13)11-16(15)18(12)17;1-10(2,3)9-7-5-4-6-8-9/h1-11H;4-8H,1-3H3/q-2;+1. The summed E-state index contributed by atoms with van der Waals surface area (Å²) in [5.74, 6) is 0.341. The Bertz CT molecular complexity index is 1360. The van der Waals surface area contributed by atoms with Gasteiger partial charge in [-0.05, 0) is 57.3 Å². The van der Waals surface area contributed by atoms with E-state index in [1.54, 1.807) is 12.1 Å². The van der Waals surface area contributed by atoms with Crippen molar-refractivity contribution in [2.24, 2.45) is 0 Å². The van der Waals surface area contributed by atoms with E-state index >= 15 is 0 Å². The van der Waals surface area contributed by atoms with Gasteiger partial charge in [0.1, 0.15) is 18.8 Å². The van der Waals surface area contributed by atoms with Crippen molar-refractivity contribution < 1.29 is 14.7 Å². The maximum Gasteiger partial charge on any atom is 0.133 e. The van der Waals surface area contributed by atoms with E-state index in [1.165, 1.54) is 5.69 Å². The number of rotatable bonds is 3. The molecule has 0 saturated carbocycles. The average molecular weight is 422 g/mol. The summed E-state index contributed by atoms with van der Waals surface area (Å²) in [5, 5.41) is 27.9. The topological polar surface area (TPSA) is 55.3 Å². The molecule has 0 saturated heterocycles. The molecule has 0 aliphatic rings. The van der Waals surface area contributed by atoms with Crippen LogP contribution in [0.1, 0.15) is 0 Å². The Balaban J connectivity index is 0.000000207. The van der Waals surface area contributed by atoms with Gasteiger partial charge in [0.2, 0.25) is 0 Å². The zero-order valence-electron chi connectivity index (χ0n) is 18.5. The highest BCUT2D eigenvalue weighted by atomic mass is 16.6. The predicted molar refractivity (Wildman–Crippen MR) is 131 cm³/mol. The van der Waals surface area contributed by atoms with Crippen molar-refractivity contribution in [3.8, 4) is 5.75 Å². The molecule has 0 aliphatic carbocycles. The quantitative estimate of drug-likeness (QED) is 0.190. The van der Waals surface area contributed by atoms with Gasteiger partial charge in [-0.1, -0.05) is 66.7 Å². The maximum atomic E-state index is 10.9. The zero-order valence-corrected chi connectivity index (χ0v) is 18.5. The van der Waals surface area contributed by atoms with Crippen LogP contribution in [-0.4, -0.2) is 28.5 Å². The highest BCUT2D eigenvalue weighted by Gasteiger charge is 2.09. The second-order valence-corrected chi connectivity index (χ2v) is 8.59. The molecule has 0 fully saturated rings. The number of nitrogens with zero attached hydrogens (tertiary/aromatic N) is 1. The van der Waals surface area contributed by atoms with E-state index in [0.29, 0.717) is 5.75 Å². The summed E-state index contributed by atoms with van der Waals surface area (Å²) < 4.78 is 5.83. The Morgan fingerprint density at radius 3 is 1.84 bits per heavy atom. The fraction of sp³-hybridized carbons (Fsp3) is 0.111. The first kappa shape index (κ1) is 21.8. The van der Waals surface area contributed by atoms with E-state index in [-0.39, 0.29) is 0 Å². The summed E-state index contributed by atoms with van der Waals surface area (Å²) in [6, 6.07) is 32.1. The molecular formula is C27H25BNO3-. The average Bonchev–Trinajstić information content (AvgIpc) is 2.78. The fourth-order valence-corrected chi connectivity index (χ4v) is 3.84. The molecule has 0 spiro atoms. The molecule has 5 rings (SSSR count). The molecule has 32 heavy (non-hydrogen) atoms. The number of benzene rings is 5. The van der Waals surface area contributed by atoms with Crippen LogP contribution in [0.4, 0.5) is 5.69 Å². The molecule has 0 aromatic heterocycles. The van der Waals surface area contributed by atoms with Crippen LogP contribution in [0.25, 0.3) is 32.3 Å². The smallest absolute Gasteiger partial charge is 0.133 e. The Labute approximate surface area is 188 Å². The first-order valence-corrected chi connectivity index (χ1v) is 10.5. The molecule has 0 bridgehead atoms. The lowest BCUT2D eigenvalue weighted by Gasteiger charge is -2.27.